The number of H-pyrrole nitrogens is 1. The summed E-state index contributed by atoms with van der Waals surface area (Å²) in [4.78, 5) is 12.3. The summed E-state index contributed by atoms with van der Waals surface area (Å²) < 4.78 is 2.08. The van der Waals surface area contributed by atoms with Crippen molar-refractivity contribution in [2.24, 2.45) is 0 Å². The Morgan fingerprint density at radius 3 is 3.00 bits per heavy atom. The van der Waals surface area contributed by atoms with Crippen LogP contribution in [0.15, 0.2) is 41.0 Å². The molecular formula is C15H10BrN3S. The molecule has 4 rings (SSSR count). The Balaban J connectivity index is 1.90. The lowest BCUT2D eigenvalue weighted by Gasteiger charge is -1.95. The predicted octanol–water partition coefficient (Wildman–Crippen LogP) is 4.91. The van der Waals surface area contributed by atoms with Gasteiger partial charge in [-0.2, -0.15) is 0 Å². The van der Waals surface area contributed by atoms with Crippen LogP contribution in [-0.2, 0) is 0 Å². The van der Waals surface area contributed by atoms with Crippen LogP contribution in [0.5, 0.6) is 0 Å². The minimum absolute atomic E-state index is 0.804. The first-order valence-electron chi connectivity index (χ1n) is 6.21. The van der Waals surface area contributed by atoms with Gasteiger partial charge in [-0.3, -0.25) is 0 Å². The Morgan fingerprint density at radius 1 is 1.20 bits per heavy atom. The number of rotatable bonds is 1. The first kappa shape index (κ1) is 12.1. The molecule has 0 aliphatic heterocycles. The quantitative estimate of drug-likeness (QED) is 0.533. The van der Waals surface area contributed by atoms with Crippen LogP contribution in [0, 0.1) is 6.92 Å². The van der Waals surface area contributed by atoms with Gasteiger partial charge in [0.1, 0.15) is 5.01 Å². The first-order chi connectivity index (χ1) is 9.69. The van der Waals surface area contributed by atoms with Gasteiger partial charge in [-0.05, 0) is 53.2 Å². The molecule has 0 unspecified atom stereocenters. The topological polar surface area (TPSA) is 41.6 Å². The highest BCUT2D eigenvalue weighted by Crippen LogP contribution is 2.32. The third-order valence-corrected chi connectivity index (χ3v) is 4.69. The highest BCUT2D eigenvalue weighted by Gasteiger charge is 2.09. The van der Waals surface area contributed by atoms with Crippen LogP contribution in [-0.4, -0.2) is 15.0 Å². The number of pyridine rings is 1. The Bertz CT molecular complexity index is 939. The van der Waals surface area contributed by atoms with Crippen molar-refractivity contribution in [1.82, 2.24) is 15.0 Å². The van der Waals surface area contributed by atoms with E-state index in [0.717, 1.165) is 30.9 Å². The molecule has 0 atom stereocenters. The van der Waals surface area contributed by atoms with Gasteiger partial charge in [-0.15, -0.1) is 11.3 Å². The maximum Gasteiger partial charge on any atom is 0.171 e. The monoisotopic (exact) mass is 343 g/mol. The SMILES string of the molecule is Cc1cc2cc(-c3nc4ncc(Br)cc4s3)ccc2[nH]1. The summed E-state index contributed by atoms with van der Waals surface area (Å²) in [6, 6.07) is 10.6. The molecule has 5 heteroatoms. The summed E-state index contributed by atoms with van der Waals surface area (Å²) in [6.45, 7) is 2.07. The highest BCUT2D eigenvalue weighted by atomic mass is 79.9. The fourth-order valence-electron chi connectivity index (χ4n) is 2.33. The van der Waals surface area contributed by atoms with Gasteiger partial charge in [0.25, 0.3) is 0 Å². The number of aromatic nitrogens is 3. The van der Waals surface area contributed by atoms with E-state index in [2.05, 4.69) is 68.1 Å². The number of hydrogen-bond acceptors (Lipinski definition) is 3. The molecule has 0 spiro atoms. The fraction of sp³-hybridized carbons (Fsp3) is 0.0667. The number of nitrogens with zero attached hydrogens (tertiary/aromatic N) is 2. The lowest BCUT2D eigenvalue weighted by atomic mass is 10.1. The molecule has 3 aromatic heterocycles. The maximum absolute atomic E-state index is 4.61. The molecule has 4 aromatic rings. The molecule has 0 saturated carbocycles. The van der Waals surface area contributed by atoms with Gasteiger partial charge in [-0.1, -0.05) is 0 Å². The van der Waals surface area contributed by atoms with Gasteiger partial charge < -0.3 is 4.98 Å². The number of benzene rings is 1. The summed E-state index contributed by atoms with van der Waals surface area (Å²) >= 11 is 5.11. The van der Waals surface area contributed by atoms with Crippen LogP contribution in [0.4, 0.5) is 0 Å². The second-order valence-corrected chi connectivity index (χ2v) is 6.70. The molecule has 1 aromatic carbocycles. The van der Waals surface area contributed by atoms with Crippen LogP contribution >= 0.6 is 27.3 Å². The predicted molar refractivity (Wildman–Crippen MR) is 87.1 cm³/mol. The number of aromatic amines is 1. The summed E-state index contributed by atoms with van der Waals surface area (Å²) in [5, 5.41) is 2.22. The van der Waals surface area contributed by atoms with E-state index in [-0.39, 0.29) is 0 Å². The van der Waals surface area contributed by atoms with Gasteiger partial charge in [0.2, 0.25) is 0 Å². The number of halogens is 1. The lowest BCUT2D eigenvalue weighted by molar-refractivity contribution is 1.30. The lowest BCUT2D eigenvalue weighted by Crippen LogP contribution is -1.78. The number of thiazole rings is 1. The van der Waals surface area contributed by atoms with E-state index in [4.69, 9.17) is 0 Å². The Morgan fingerprint density at radius 2 is 2.10 bits per heavy atom. The van der Waals surface area contributed by atoms with Crippen molar-refractivity contribution in [2.75, 3.05) is 0 Å². The van der Waals surface area contributed by atoms with E-state index >= 15 is 0 Å². The largest absolute Gasteiger partial charge is 0.359 e. The van der Waals surface area contributed by atoms with E-state index in [0.29, 0.717) is 0 Å². The zero-order valence-electron chi connectivity index (χ0n) is 10.6. The first-order valence-corrected chi connectivity index (χ1v) is 7.82. The minimum atomic E-state index is 0.804. The molecule has 0 radical (unpaired) electrons. The zero-order valence-corrected chi connectivity index (χ0v) is 13.0. The third-order valence-electron chi connectivity index (χ3n) is 3.22. The van der Waals surface area contributed by atoms with Crippen molar-refractivity contribution < 1.29 is 0 Å². The molecular weight excluding hydrogens is 334 g/mol. The van der Waals surface area contributed by atoms with Crippen LogP contribution in [0.3, 0.4) is 0 Å². The Kier molecular flexibility index (Phi) is 2.65. The van der Waals surface area contributed by atoms with Crippen molar-refractivity contribution >= 4 is 48.5 Å². The normalized spacial score (nSPS) is 11.5. The van der Waals surface area contributed by atoms with Crippen molar-refractivity contribution in [1.29, 1.82) is 0 Å². The highest BCUT2D eigenvalue weighted by molar-refractivity contribution is 9.10. The third kappa shape index (κ3) is 1.94. The van der Waals surface area contributed by atoms with Crippen molar-refractivity contribution in [3.05, 3.63) is 46.7 Å². The van der Waals surface area contributed by atoms with Gasteiger partial charge in [0, 0.05) is 32.8 Å². The smallest absolute Gasteiger partial charge is 0.171 e. The van der Waals surface area contributed by atoms with Gasteiger partial charge in [-0.25, -0.2) is 9.97 Å². The van der Waals surface area contributed by atoms with Crippen molar-refractivity contribution in [2.45, 2.75) is 6.92 Å². The summed E-state index contributed by atoms with van der Waals surface area (Å²) in [5.74, 6) is 0. The second-order valence-electron chi connectivity index (χ2n) is 4.75. The van der Waals surface area contributed by atoms with Gasteiger partial charge >= 0.3 is 0 Å². The van der Waals surface area contributed by atoms with E-state index in [1.165, 1.54) is 11.1 Å². The molecule has 0 aliphatic rings. The van der Waals surface area contributed by atoms with Crippen LogP contribution in [0.25, 0.3) is 31.8 Å². The van der Waals surface area contributed by atoms with E-state index in [9.17, 15) is 0 Å². The molecule has 0 amide bonds. The van der Waals surface area contributed by atoms with E-state index < -0.39 is 0 Å². The molecule has 3 nitrogen and oxygen atoms in total. The standard InChI is InChI=1S/C15H10BrN3S/c1-8-4-10-5-9(2-3-12(10)18-8)15-19-14-13(20-15)6-11(16)7-17-14/h2-7,18H,1H3. The van der Waals surface area contributed by atoms with Crippen molar-refractivity contribution in [3.8, 4) is 10.6 Å². The van der Waals surface area contributed by atoms with E-state index in [1.807, 2.05) is 0 Å². The Labute approximate surface area is 127 Å². The van der Waals surface area contributed by atoms with E-state index in [1.54, 1.807) is 17.5 Å². The van der Waals surface area contributed by atoms with Crippen LogP contribution in [0.1, 0.15) is 5.69 Å². The fourth-order valence-corrected chi connectivity index (χ4v) is 3.77. The maximum atomic E-state index is 4.61. The van der Waals surface area contributed by atoms with Crippen molar-refractivity contribution in [3.63, 3.8) is 0 Å². The number of nitrogens with one attached hydrogen (secondary N) is 1. The average molecular weight is 344 g/mol. The number of hydrogen-bond donors (Lipinski definition) is 1. The van der Waals surface area contributed by atoms with Gasteiger partial charge in [0.15, 0.2) is 5.65 Å². The zero-order chi connectivity index (χ0) is 13.7. The molecule has 20 heavy (non-hydrogen) atoms. The Hall–Kier alpha value is -1.72. The molecule has 0 saturated heterocycles. The molecule has 3 heterocycles. The molecule has 98 valence electrons. The molecule has 1 N–H and O–H groups in total. The summed E-state index contributed by atoms with van der Waals surface area (Å²) in [6.07, 6.45) is 1.78. The second kappa shape index (κ2) is 4.40. The molecule has 0 aliphatic carbocycles. The van der Waals surface area contributed by atoms with Gasteiger partial charge in [0.05, 0.1) is 4.70 Å². The summed E-state index contributed by atoms with van der Waals surface area (Å²) in [5.41, 5.74) is 4.27. The molecule has 0 bridgehead atoms. The van der Waals surface area contributed by atoms with Crippen LogP contribution in [0.2, 0.25) is 0 Å². The van der Waals surface area contributed by atoms with Crippen LogP contribution < -0.4 is 0 Å². The molecule has 0 fully saturated rings. The average Bonchev–Trinajstić information content (AvgIpc) is 2.99. The summed E-state index contributed by atoms with van der Waals surface area (Å²) in [7, 11) is 0. The minimum Gasteiger partial charge on any atom is -0.359 e. The number of fused-ring (bicyclic) bond motifs is 2. The number of aryl methyl sites for hydroxylation is 1.